The van der Waals surface area contributed by atoms with E-state index in [1.54, 1.807) is 12.1 Å². The van der Waals surface area contributed by atoms with E-state index < -0.39 is 77.1 Å². The molecule has 0 saturated carbocycles. The first-order valence-corrected chi connectivity index (χ1v) is 14.7. The fourth-order valence-corrected chi connectivity index (χ4v) is 9.97. The van der Waals surface area contributed by atoms with Crippen LogP contribution in [-0.2, 0) is 4.74 Å². The van der Waals surface area contributed by atoms with Gasteiger partial charge in [0.05, 0.1) is 32.0 Å². The second-order valence-corrected chi connectivity index (χ2v) is 14.0. The SMILES string of the molecule is O=C(O)c1ccc(OS2(Oc3ccc(C(=O)O)c(C(=O)O)c3)(c3ccccc3)(c3ccccc3)C(=O)OC2=O)cc1C(=O)O. The predicted octanol–water partition coefficient (Wildman–Crippen LogP) is 6.03. The Hall–Kier alpha value is -6.15. The lowest BCUT2D eigenvalue weighted by molar-refractivity contribution is 0.0651. The molecule has 0 amide bonds. The standard InChI is InChI=1S/C30H20O13S/c31-25(32)21-13-11-17(15-23(21)27(35)36)42-44(29(39)41-30(44)40,19-7-3-1-4-8-19,20-9-5-2-6-10-20)43-18-12-14-22(26(33)34)24(16-18)28(37)38/h1-16H,(H,31,32)(H,33,34)(H,35,36)(H,37,38). The molecule has 4 aromatic carbocycles. The molecule has 13 nitrogen and oxygen atoms in total. The van der Waals surface area contributed by atoms with Crippen molar-refractivity contribution in [2.45, 2.75) is 9.79 Å². The van der Waals surface area contributed by atoms with Crippen LogP contribution < -0.4 is 8.37 Å². The predicted molar refractivity (Wildman–Crippen MR) is 151 cm³/mol. The van der Waals surface area contributed by atoms with E-state index in [1.807, 2.05) is 0 Å². The third-order valence-electron chi connectivity index (χ3n) is 7.01. The Balaban J connectivity index is 1.96. The van der Waals surface area contributed by atoms with E-state index in [1.165, 1.54) is 48.5 Å². The fraction of sp³-hybridized carbons (Fsp3) is 0. The zero-order valence-corrected chi connectivity index (χ0v) is 22.9. The summed E-state index contributed by atoms with van der Waals surface area (Å²) in [5, 5.41) is 35.8. The first-order valence-electron chi connectivity index (χ1n) is 12.4. The second-order valence-electron chi connectivity index (χ2n) is 9.38. The normalized spacial score (nSPS) is 17.2. The molecule has 0 unspecified atom stereocenters. The van der Waals surface area contributed by atoms with Crippen molar-refractivity contribution in [3.8, 4) is 11.5 Å². The average molecular weight is 621 g/mol. The molecule has 0 aromatic heterocycles. The lowest BCUT2D eigenvalue weighted by atomic mass is 10.1. The van der Waals surface area contributed by atoms with Gasteiger partial charge in [0.25, 0.3) is 0 Å². The van der Waals surface area contributed by atoms with E-state index in [0.717, 1.165) is 36.4 Å². The molecule has 0 bridgehead atoms. The zero-order valence-electron chi connectivity index (χ0n) is 22.1. The van der Waals surface area contributed by atoms with E-state index in [2.05, 4.69) is 0 Å². The molecule has 224 valence electrons. The van der Waals surface area contributed by atoms with E-state index in [9.17, 15) is 49.2 Å². The summed E-state index contributed by atoms with van der Waals surface area (Å²) in [5.41, 5.74) is -2.75. The Labute approximate surface area is 246 Å². The van der Waals surface area contributed by atoms with Crippen LogP contribution >= 0.6 is 8.86 Å². The van der Waals surface area contributed by atoms with Crippen molar-refractivity contribution >= 4 is 43.3 Å². The quantitative estimate of drug-likeness (QED) is 0.118. The number of aromatic carboxylic acids is 4. The highest BCUT2D eigenvalue weighted by Gasteiger charge is 2.84. The van der Waals surface area contributed by atoms with Crippen molar-refractivity contribution in [2.75, 3.05) is 0 Å². The van der Waals surface area contributed by atoms with Crippen LogP contribution in [0.1, 0.15) is 41.4 Å². The molecule has 1 heterocycles. The van der Waals surface area contributed by atoms with Crippen molar-refractivity contribution in [3.63, 3.8) is 0 Å². The smallest absolute Gasteiger partial charge is 0.437 e. The Morgan fingerprint density at radius 2 is 0.841 bits per heavy atom. The van der Waals surface area contributed by atoms with Gasteiger partial charge in [0, 0.05) is 0 Å². The van der Waals surface area contributed by atoms with Gasteiger partial charge in [0.15, 0.2) is 11.5 Å². The number of benzene rings is 4. The third kappa shape index (κ3) is 3.61. The highest BCUT2D eigenvalue weighted by molar-refractivity contribution is 8.78. The van der Waals surface area contributed by atoms with Gasteiger partial charge in [-0.15, -0.1) is 0 Å². The third-order valence-corrected chi connectivity index (χ3v) is 12.6. The summed E-state index contributed by atoms with van der Waals surface area (Å²) in [6, 6.07) is 19.6. The van der Waals surface area contributed by atoms with Gasteiger partial charge >= 0.3 is 34.5 Å². The van der Waals surface area contributed by atoms with Crippen LogP contribution in [0, 0.1) is 0 Å². The fourth-order valence-electron chi connectivity index (χ4n) is 4.97. The minimum atomic E-state index is -6.49. The molecule has 1 fully saturated rings. The molecular weight excluding hydrogens is 600 g/mol. The Kier molecular flexibility index (Phi) is 6.47. The summed E-state index contributed by atoms with van der Waals surface area (Å²) in [6.07, 6.45) is 0. The van der Waals surface area contributed by atoms with Gasteiger partial charge in [-0.2, -0.15) is 0 Å². The Bertz CT molecular complexity index is 1790. The van der Waals surface area contributed by atoms with E-state index in [0.29, 0.717) is 0 Å². The van der Waals surface area contributed by atoms with Crippen molar-refractivity contribution < 1.29 is 62.3 Å². The van der Waals surface area contributed by atoms with Crippen molar-refractivity contribution in [2.24, 2.45) is 0 Å². The van der Waals surface area contributed by atoms with Crippen LogP contribution in [-0.4, -0.2) is 54.9 Å². The van der Waals surface area contributed by atoms with Gasteiger partial charge in [-0.1, -0.05) is 36.4 Å². The maximum absolute atomic E-state index is 14.3. The molecule has 4 N–H and O–H groups in total. The van der Waals surface area contributed by atoms with E-state index in [4.69, 9.17) is 13.1 Å². The van der Waals surface area contributed by atoms with Crippen LogP contribution in [0.15, 0.2) is 107 Å². The topological polar surface area (TPSA) is 211 Å². The number of ether oxygens (including phenoxy) is 1. The number of rotatable bonds is 10. The average Bonchev–Trinajstić information content (AvgIpc) is 3.01. The number of carbonyl (C=O) groups is 6. The molecule has 0 aliphatic carbocycles. The lowest BCUT2D eigenvalue weighted by Gasteiger charge is -2.80. The molecule has 0 atom stereocenters. The monoisotopic (exact) mass is 620 g/mol. The van der Waals surface area contributed by atoms with Crippen LogP contribution in [0.25, 0.3) is 0 Å². The van der Waals surface area contributed by atoms with Crippen LogP contribution in [0.3, 0.4) is 0 Å². The van der Waals surface area contributed by atoms with Crippen LogP contribution in [0.4, 0.5) is 9.59 Å². The molecule has 4 aromatic rings. The van der Waals surface area contributed by atoms with Gasteiger partial charge in [0.2, 0.25) is 0 Å². The first-order chi connectivity index (χ1) is 20.8. The molecule has 1 aliphatic heterocycles. The molecule has 5 rings (SSSR count). The molecule has 14 heteroatoms. The van der Waals surface area contributed by atoms with Gasteiger partial charge < -0.3 is 33.5 Å². The first kappa shape index (κ1) is 29.3. The van der Waals surface area contributed by atoms with Crippen molar-refractivity contribution in [1.29, 1.82) is 0 Å². The summed E-state index contributed by atoms with van der Waals surface area (Å²) < 4.78 is 17.9. The van der Waals surface area contributed by atoms with Crippen molar-refractivity contribution in [1.82, 2.24) is 0 Å². The maximum atomic E-state index is 14.3. The number of hydrogen-bond acceptors (Lipinski definition) is 9. The minimum Gasteiger partial charge on any atom is -0.478 e. The number of carboxylic acids is 4. The molecule has 0 radical (unpaired) electrons. The summed E-state index contributed by atoms with van der Waals surface area (Å²) in [7, 11) is -6.49. The summed E-state index contributed by atoms with van der Waals surface area (Å²) in [6.45, 7) is 0. The summed E-state index contributed by atoms with van der Waals surface area (Å²) >= 11 is 0. The summed E-state index contributed by atoms with van der Waals surface area (Å²) in [4.78, 5) is 75.8. The van der Waals surface area contributed by atoms with Gasteiger partial charge in [-0.3, -0.25) is 0 Å². The van der Waals surface area contributed by atoms with Crippen LogP contribution in [0.2, 0.25) is 0 Å². The molecule has 1 aliphatic rings. The highest BCUT2D eigenvalue weighted by Crippen LogP contribution is 3.03. The Morgan fingerprint density at radius 1 is 0.500 bits per heavy atom. The number of carbonyl (C=O) groups excluding carboxylic acids is 2. The number of hydrogen-bond donors (Lipinski definition) is 4. The van der Waals surface area contributed by atoms with E-state index in [-0.39, 0.29) is 9.79 Å². The minimum absolute atomic E-state index is 0.210. The Morgan fingerprint density at radius 3 is 1.14 bits per heavy atom. The maximum Gasteiger partial charge on any atom is 0.437 e. The van der Waals surface area contributed by atoms with Crippen molar-refractivity contribution in [3.05, 3.63) is 119 Å². The molecule has 1 saturated heterocycles. The van der Waals surface area contributed by atoms with Gasteiger partial charge in [-0.25, -0.2) is 28.8 Å². The van der Waals surface area contributed by atoms with E-state index >= 15 is 0 Å². The molecule has 0 spiro atoms. The number of cyclic esters (lactones) is 2. The largest absolute Gasteiger partial charge is 0.478 e. The zero-order chi connectivity index (χ0) is 31.9. The number of carboxylic acid groups (broad SMARTS) is 4. The summed E-state index contributed by atoms with van der Waals surface area (Å²) in [5.74, 6) is -7.47. The van der Waals surface area contributed by atoms with Gasteiger partial charge in [0.1, 0.15) is 0 Å². The van der Waals surface area contributed by atoms with Crippen LogP contribution in [0.5, 0.6) is 11.5 Å². The lowest BCUT2D eigenvalue weighted by Crippen LogP contribution is -2.66. The second kappa shape index (κ2) is 9.71. The van der Waals surface area contributed by atoms with Gasteiger partial charge in [-0.05, 0) is 69.5 Å². The molecular formula is C30H20O13S. The molecule has 44 heavy (non-hydrogen) atoms. The highest BCUT2D eigenvalue weighted by atomic mass is 32.4.